The van der Waals surface area contributed by atoms with Gasteiger partial charge in [0.15, 0.2) is 17.3 Å². The molecule has 6 nitrogen and oxygen atoms in total. The molecule has 2 atom stereocenters. The molecule has 1 aliphatic rings. The average Bonchev–Trinajstić information content (AvgIpc) is 2.73. The minimum atomic E-state index is -5.83. The fourth-order valence-corrected chi connectivity index (χ4v) is 3.59. The summed E-state index contributed by atoms with van der Waals surface area (Å²) in [6.45, 7) is 2.22. The molecular weight excluding hydrogens is 454 g/mol. The lowest BCUT2D eigenvalue weighted by Gasteiger charge is -2.26. The molecule has 2 aromatic rings. The van der Waals surface area contributed by atoms with Gasteiger partial charge in [0.1, 0.15) is 11.9 Å². The number of hydrogen-bond donors (Lipinski definition) is 1. The molecular formula is C21H21F4NO5S. The molecule has 3 rings (SSSR count). The van der Waals surface area contributed by atoms with Crippen LogP contribution in [0.15, 0.2) is 48.5 Å². The standard InChI is InChI=1S/C21H21F4NO5S/c1-13(14-7-8-17(22)20(11-14)29-2)26-10-9-15-12-19(31-32(27,28)21(23,24)25)16-5-3-4-6-18(16)30-15/h3-8,11-13,15,26H,9-10H2,1-2H3. The van der Waals surface area contributed by atoms with Gasteiger partial charge in [0.25, 0.3) is 0 Å². The number of alkyl halides is 3. The molecule has 0 bridgehead atoms. The summed E-state index contributed by atoms with van der Waals surface area (Å²) < 4.78 is 90.0. The predicted octanol–water partition coefficient (Wildman–Crippen LogP) is 4.54. The van der Waals surface area contributed by atoms with E-state index in [4.69, 9.17) is 9.47 Å². The quantitative estimate of drug-likeness (QED) is 0.343. The van der Waals surface area contributed by atoms with Crippen LogP contribution in [-0.4, -0.2) is 33.7 Å². The van der Waals surface area contributed by atoms with Crippen molar-refractivity contribution in [2.24, 2.45) is 0 Å². The van der Waals surface area contributed by atoms with Crippen LogP contribution in [-0.2, 0) is 14.3 Å². The largest absolute Gasteiger partial charge is 0.534 e. The average molecular weight is 475 g/mol. The van der Waals surface area contributed by atoms with Crippen molar-refractivity contribution in [2.75, 3.05) is 13.7 Å². The maximum Gasteiger partial charge on any atom is 0.534 e. The van der Waals surface area contributed by atoms with E-state index in [0.29, 0.717) is 13.0 Å². The molecule has 0 aliphatic carbocycles. The number of benzene rings is 2. The lowest BCUT2D eigenvalue weighted by atomic mass is 10.1. The van der Waals surface area contributed by atoms with Gasteiger partial charge in [-0.1, -0.05) is 18.2 Å². The van der Waals surface area contributed by atoms with Crippen LogP contribution in [0, 0.1) is 5.82 Å². The highest BCUT2D eigenvalue weighted by molar-refractivity contribution is 7.87. The maximum atomic E-state index is 13.6. The lowest BCUT2D eigenvalue weighted by Crippen LogP contribution is -2.29. The van der Waals surface area contributed by atoms with E-state index in [9.17, 15) is 26.0 Å². The van der Waals surface area contributed by atoms with E-state index >= 15 is 0 Å². The van der Waals surface area contributed by atoms with Gasteiger partial charge in [-0.15, -0.1) is 0 Å². The summed E-state index contributed by atoms with van der Waals surface area (Å²) in [6.07, 6.45) is 0.778. The van der Waals surface area contributed by atoms with Gasteiger partial charge in [-0.2, -0.15) is 21.6 Å². The van der Waals surface area contributed by atoms with Crippen molar-refractivity contribution in [1.82, 2.24) is 5.32 Å². The van der Waals surface area contributed by atoms with Crippen molar-refractivity contribution in [2.45, 2.75) is 31.0 Å². The molecule has 174 valence electrons. The van der Waals surface area contributed by atoms with Gasteiger partial charge in [-0.05, 0) is 43.3 Å². The normalized spacial score (nSPS) is 17.1. The molecule has 0 spiro atoms. The third kappa shape index (κ3) is 5.33. The SMILES string of the molecule is COc1cc(C(C)NCCC2C=C(OS(=O)(=O)C(F)(F)F)c3ccccc3O2)ccc1F. The molecule has 0 aromatic heterocycles. The Morgan fingerprint density at radius 1 is 1.19 bits per heavy atom. The van der Waals surface area contributed by atoms with Crippen molar-refractivity contribution in [3.05, 3.63) is 65.5 Å². The smallest absolute Gasteiger partial charge is 0.494 e. The summed E-state index contributed by atoms with van der Waals surface area (Å²) in [5, 5.41) is 3.20. The van der Waals surface area contributed by atoms with E-state index in [1.165, 1.54) is 37.5 Å². The van der Waals surface area contributed by atoms with Crippen molar-refractivity contribution >= 4 is 15.9 Å². The molecule has 2 aromatic carbocycles. The summed E-state index contributed by atoms with van der Waals surface area (Å²) in [6, 6.07) is 10.3. The predicted molar refractivity (Wildman–Crippen MR) is 109 cm³/mol. The van der Waals surface area contributed by atoms with Gasteiger partial charge in [0.2, 0.25) is 0 Å². The Bertz CT molecular complexity index is 1100. The van der Waals surface area contributed by atoms with Gasteiger partial charge in [0, 0.05) is 18.5 Å². The highest BCUT2D eigenvalue weighted by atomic mass is 32.2. The number of ether oxygens (including phenoxy) is 2. The Kier molecular flexibility index (Phi) is 6.99. The van der Waals surface area contributed by atoms with E-state index in [1.54, 1.807) is 18.2 Å². The molecule has 0 amide bonds. The molecule has 0 fully saturated rings. The van der Waals surface area contributed by atoms with E-state index in [2.05, 4.69) is 9.50 Å². The number of para-hydroxylation sites is 1. The van der Waals surface area contributed by atoms with Gasteiger partial charge >= 0.3 is 15.6 Å². The minimum Gasteiger partial charge on any atom is -0.494 e. The zero-order valence-corrected chi connectivity index (χ0v) is 18.0. The monoisotopic (exact) mass is 475 g/mol. The first-order valence-corrected chi connectivity index (χ1v) is 11.0. The van der Waals surface area contributed by atoms with Crippen LogP contribution in [0.2, 0.25) is 0 Å². The second-order valence-electron chi connectivity index (χ2n) is 7.03. The Hall–Kier alpha value is -2.79. The Balaban J connectivity index is 1.70. The van der Waals surface area contributed by atoms with Crippen molar-refractivity contribution in [3.8, 4) is 11.5 Å². The Morgan fingerprint density at radius 3 is 2.59 bits per heavy atom. The van der Waals surface area contributed by atoms with Gasteiger partial charge in [-0.3, -0.25) is 0 Å². The minimum absolute atomic E-state index is 0.108. The van der Waals surface area contributed by atoms with E-state index < -0.39 is 33.3 Å². The zero-order valence-electron chi connectivity index (χ0n) is 17.1. The Labute approximate surface area is 182 Å². The highest BCUT2D eigenvalue weighted by Crippen LogP contribution is 2.37. The van der Waals surface area contributed by atoms with Gasteiger partial charge in [0.05, 0.1) is 12.7 Å². The van der Waals surface area contributed by atoms with Crippen LogP contribution in [0.25, 0.3) is 5.76 Å². The van der Waals surface area contributed by atoms with Crippen molar-refractivity contribution in [1.29, 1.82) is 0 Å². The molecule has 32 heavy (non-hydrogen) atoms. The van der Waals surface area contributed by atoms with Crippen LogP contribution >= 0.6 is 0 Å². The highest BCUT2D eigenvalue weighted by Gasteiger charge is 2.49. The van der Waals surface area contributed by atoms with Crippen LogP contribution in [0.5, 0.6) is 11.5 Å². The van der Waals surface area contributed by atoms with Crippen LogP contribution in [0.3, 0.4) is 0 Å². The molecule has 0 radical (unpaired) electrons. The molecule has 0 saturated heterocycles. The van der Waals surface area contributed by atoms with Gasteiger partial charge in [-0.25, -0.2) is 4.39 Å². The first-order valence-electron chi connectivity index (χ1n) is 9.57. The van der Waals surface area contributed by atoms with E-state index in [-0.39, 0.29) is 23.1 Å². The van der Waals surface area contributed by atoms with Crippen LogP contribution in [0.1, 0.15) is 30.5 Å². The molecule has 1 aliphatic heterocycles. The van der Waals surface area contributed by atoms with E-state index in [1.807, 2.05) is 6.92 Å². The fourth-order valence-electron chi connectivity index (χ4n) is 3.11. The summed E-state index contributed by atoms with van der Waals surface area (Å²) in [4.78, 5) is 0. The summed E-state index contributed by atoms with van der Waals surface area (Å²) in [5.41, 5.74) is -4.67. The summed E-state index contributed by atoms with van der Waals surface area (Å²) >= 11 is 0. The zero-order chi connectivity index (χ0) is 23.5. The number of hydrogen-bond acceptors (Lipinski definition) is 6. The van der Waals surface area contributed by atoms with Crippen molar-refractivity contribution in [3.63, 3.8) is 0 Å². The first-order chi connectivity index (χ1) is 15.0. The van der Waals surface area contributed by atoms with Crippen molar-refractivity contribution < 1.29 is 39.6 Å². The third-order valence-electron chi connectivity index (χ3n) is 4.81. The molecule has 0 saturated carbocycles. The molecule has 1 heterocycles. The number of rotatable bonds is 8. The second-order valence-corrected chi connectivity index (χ2v) is 8.56. The lowest BCUT2D eigenvalue weighted by molar-refractivity contribution is -0.0510. The van der Waals surface area contributed by atoms with Gasteiger partial charge < -0.3 is 19.0 Å². The third-order valence-corrected chi connectivity index (χ3v) is 5.77. The first kappa shape index (κ1) is 23.9. The molecule has 11 heteroatoms. The number of methoxy groups -OCH3 is 1. The Morgan fingerprint density at radius 2 is 1.91 bits per heavy atom. The maximum absolute atomic E-state index is 13.6. The summed E-state index contributed by atoms with van der Waals surface area (Å²) in [5.74, 6) is -0.600. The number of halogens is 4. The fraction of sp³-hybridized carbons (Fsp3) is 0.333. The topological polar surface area (TPSA) is 73.9 Å². The van der Waals surface area contributed by atoms with E-state index in [0.717, 1.165) is 5.56 Å². The number of fused-ring (bicyclic) bond motifs is 1. The number of nitrogens with one attached hydrogen (secondary N) is 1. The molecule has 2 unspecified atom stereocenters. The van der Waals surface area contributed by atoms with Crippen LogP contribution < -0.4 is 14.8 Å². The second kappa shape index (κ2) is 9.37. The molecule has 1 N–H and O–H groups in total. The summed E-state index contributed by atoms with van der Waals surface area (Å²) in [7, 11) is -4.46. The van der Waals surface area contributed by atoms with Crippen LogP contribution in [0.4, 0.5) is 17.6 Å².